The fourth-order valence-corrected chi connectivity index (χ4v) is 3.94. The van der Waals surface area contributed by atoms with Gasteiger partial charge in [0.2, 0.25) is 0 Å². The number of carbonyl (C=O) groups excluding carboxylic acids is 1. The Morgan fingerprint density at radius 3 is 2.18 bits per heavy atom. The number of hydrogen-bond acceptors (Lipinski definition) is 4. The molecule has 34 heavy (non-hydrogen) atoms. The van der Waals surface area contributed by atoms with Crippen LogP contribution < -0.4 is 15.0 Å². The fraction of sp³-hybridized carbons (Fsp3) is 0.222. The van der Waals surface area contributed by atoms with Crippen LogP contribution in [0.1, 0.15) is 18.1 Å². The molecule has 0 unspecified atom stereocenters. The van der Waals surface area contributed by atoms with Crippen molar-refractivity contribution < 1.29 is 9.53 Å². The lowest BCUT2D eigenvalue weighted by Gasteiger charge is -2.36. The Labute approximate surface area is 200 Å². The highest BCUT2D eigenvalue weighted by atomic mass is 16.5. The minimum absolute atomic E-state index is 0.0124. The van der Waals surface area contributed by atoms with E-state index < -0.39 is 0 Å². The van der Waals surface area contributed by atoms with Crippen LogP contribution in [0.15, 0.2) is 78.9 Å². The number of piperazine rings is 1. The highest BCUT2D eigenvalue weighted by Gasteiger charge is 2.21. The summed E-state index contributed by atoms with van der Waals surface area (Å²) < 4.78 is 5.70. The summed E-state index contributed by atoms with van der Waals surface area (Å²) >= 11 is 0. The number of carbonyl (C=O) groups is 1. The van der Waals surface area contributed by atoms with Crippen molar-refractivity contribution in [3.63, 3.8) is 0 Å². The van der Waals surface area contributed by atoms with Crippen LogP contribution in [0.5, 0.6) is 5.75 Å². The summed E-state index contributed by atoms with van der Waals surface area (Å²) in [5, 5.41) is 21.3. The van der Waals surface area contributed by atoms with Gasteiger partial charge in [-0.3, -0.25) is 4.79 Å². The lowest BCUT2D eigenvalue weighted by atomic mass is 10.0. The SMILES string of the molecule is CC(=N)c1ccccc1C(=[N-])Nc1ccc(OCC(=O)N2CCN(c3ccccc3)CC2)cc1. The Kier molecular flexibility index (Phi) is 7.22. The number of ether oxygens (including phenoxy) is 1. The van der Waals surface area contributed by atoms with Crippen molar-refractivity contribution in [3.8, 4) is 5.75 Å². The van der Waals surface area contributed by atoms with Gasteiger partial charge in [0, 0.05) is 43.1 Å². The number of para-hydroxylation sites is 1. The van der Waals surface area contributed by atoms with E-state index in [4.69, 9.17) is 10.1 Å². The van der Waals surface area contributed by atoms with Crippen LogP contribution in [-0.4, -0.2) is 55.1 Å². The summed E-state index contributed by atoms with van der Waals surface area (Å²) in [5.41, 5.74) is 3.45. The summed E-state index contributed by atoms with van der Waals surface area (Å²) in [5.74, 6) is 0.525. The van der Waals surface area contributed by atoms with Crippen molar-refractivity contribution in [3.05, 3.63) is 95.4 Å². The second-order valence-electron chi connectivity index (χ2n) is 8.16. The third-order valence-corrected chi connectivity index (χ3v) is 5.82. The van der Waals surface area contributed by atoms with Gasteiger partial charge in [0.05, 0.1) is 0 Å². The Hall–Kier alpha value is -4.13. The number of nitrogens with zero attached hydrogens (tertiary/aromatic N) is 3. The van der Waals surface area contributed by atoms with Gasteiger partial charge in [0.15, 0.2) is 6.61 Å². The molecule has 3 aromatic rings. The molecule has 0 bridgehead atoms. The molecule has 0 saturated carbocycles. The normalized spacial score (nSPS) is 13.3. The van der Waals surface area contributed by atoms with Gasteiger partial charge >= 0.3 is 0 Å². The number of benzene rings is 3. The molecule has 0 spiro atoms. The lowest BCUT2D eigenvalue weighted by Crippen LogP contribution is -2.50. The zero-order chi connectivity index (χ0) is 23.9. The van der Waals surface area contributed by atoms with Gasteiger partial charge in [-0.15, -0.1) is 0 Å². The van der Waals surface area contributed by atoms with Crippen LogP contribution in [-0.2, 0) is 4.79 Å². The number of amidine groups is 1. The van der Waals surface area contributed by atoms with E-state index in [9.17, 15) is 10.2 Å². The van der Waals surface area contributed by atoms with Crippen LogP contribution in [0, 0.1) is 5.41 Å². The van der Waals surface area contributed by atoms with Crippen LogP contribution in [0.25, 0.3) is 5.41 Å². The van der Waals surface area contributed by atoms with Crippen LogP contribution in [0.3, 0.4) is 0 Å². The molecule has 1 aliphatic heterocycles. The van der Waals surface area contributed by atoms with Gasteiger partial charge in [-0.05, 0) is 42.4 Å². The third-order valence-electron chi connectivity index (χ3n) is 5.82. The second-order valence-corrected chi connectivity index (χ2v) is 8.16. The van der Waals surface area contributed by atoms with Gasteiger partial charge in [0.25, 0.3) is 5.91 Å². The van der Waals surface area contributed by atoms with E-state index in [-0.39, 0.29) is 18.3 Å². The van der Waals surface area contributed by atoms with Crippen molar-refractivity contribution in [2.24, 2.45) is 0 Å². The smallest absolute Gasteiger partial charge is 0.260 e. The number of rotatable bonds is 7. The van der Waals surface area contributed by atoms with E-state index in [1.165, 1.54) is 5.69 Å². The van der Waals surface area contributed by atoms with Gasteiger partial charge in [0.1, 0.15) is 5.75 Å². The van der Waals surface area contributed by atoms with E-state index in [2.05, 4.69) is 22.3 Å². The Morgan fingerprint density at radius 1 is 0.912 bits per heavy atom. The van der Waals surface area contributed by atoms with Crippen LogP contribution in [0.4, 0.5) is 11.4 Å². The molecule has 7 heteroatoms. The second kappa shape index (κ2) is 10.7. The molecule has 1 fully saturated rings. The van der Waals surface area contributed by atoms with Gasteiger partial charge in [-0.25, -0.2) is 0 Å². The maximum atomic E-state index is 12.6. The summed E-state index contributed by atoms with van der Waals surface area (Å²) in [7, 11) is 0. The van der Waals surface area contributed by atoms with Crippen molar-refractivity contribution in [2.45, 2.75) is 6.92 Å². The summed E-state index contributed by atoms with van der Waals surface area (Å²) in [6, 6.07) is 24.5. The molecule has 174 valence electrons. The predicted molar refractivity (Wildman–Crippen MR) is 137 cm³/mol. The molecule has 1 amide bonds. The van der Waals surface area contributed by atoms with Crippen molar-refractivity contribution in [2.75, 3.05) is 43.0 Å². The van der Waals surface area contributed by atoms with Crippen LogP contribution >= 0.6 is 0 Å². The number of anilines is 2. The maximum Gasteiger partial charge on any atom is 0.260 e. The molecule has 0 aromatic heterocycles. The van der Waals surface area contributed by atoms with E-state index >= 15 is 0 Å². The first-order valence-electron chi connectivity index (χ1n) is 11.3. The molecule has 4 rings (SSSR count). The minimum Gasteiger partial charge on any atom is -0.484 e. The molecule has 7 nitrogen and oxygen atoms in total. The van der Waals surface area contributed by atoms with Crippen molar-refractivity contribution in [1.29, 1.82) is 5.41 Å². The zero-order valence-corrected chi connectivity index (χ0v) is 19.2. The van der Waals surface area contributed by atoms with Crippen LogP contribution in [0.2, 0.25) is 0 Å². The van der Waals surface area contributed by atoms with Crippen molar-refractivity contribution >= 4 is 28.8 Å². The molecular formula is C27H28N5O2-. The Morgan fingerprint density at radius 2 is 1.53 bits per heavy atom. The largest absolute Gasteiger partial charge is 0.484 e. The quantitative estimate of drug-likeness (QED) is 0.413. The zero-order valence-electron chi connectivity index (χ0n) is 19.2. The summed E-state index contributed by atoms with van der Waals surface area (Å²) in [6.07, 6.45) is 0. The van der Waals surface area contributed by atoms with Gasteiger partial charge < -0.3 is 30.7 Å². The Balaban J connectivity index is 1.26. The first-order valence-corrected chi connectivity index (χ1v) is 11.3. The average Bonchev–Trinajstić information content (AvgIpc) is 2.88. The monoisotopic (exact) mass is 454 g/mol. The highest BCUT2D eigenvalue weighted by Crippen LogP contribution is 2.19. The minimum atomic E-state index is -0.0282. The number of hydrogen-bond donors (Lipinski definition) is 2. The first-order chi connectivity index (χ1) is 16.5. The summed E-state index contributed by atoms with van der Waals surface area (Å²) in [4.78, 5) is 16.7. The third kappa shape index (κ3) is 5.61. The number of nitrogens with one attached hydrogen (secondary N) is 2. The van der Waals surface area contributed by atoms with E-state index in [0.29, 0.717) is 41.4 Å². The molecule has 2 N–H and O–H groups in total. The number of amides is 1. The molecule has 3 aromatic carbocycles. The Bertz CT molecular complexity index is 1150. The van der Waals surface area contributed by atoms with E-state index in [1.807, 2.05) is 35.2 Å². The molecule has 1 aliphatic rings. The first kappa shape index (κ1) is 23.0. The van der Waals surface area contributed by atoms with Gasteiger partial charge in [-0.2, -0.15) is 0 Å². The maximum absolute atomic E-state index is 12.6. The predicted octanol–water partition coefficient (Wildman–Crippen LogP) is 4.23. The van der Waals surface area contributed by atoms with E-state index in [1.54, 1.807) is 43.3 Å². The topological polar surface area (TPSA) is 91.0 Å². The van der Waals surface area contributed by atoms with E-state index in [0.717, 1.165) is 13.1 Å². The fourth-order valence-electron chi connectivity index (χ4n) is 3.94. The molecule has 1 saturated heterocycles. The molecular weight excluding hydrogens is 426 g/mol. The van der Waals surface area contributed by atoms with Gasteiger partial charge in [-0.1, -0.05) is 60.4 Å². The molecule has 0 aliphatic carbocycles. The lowest BCUT2D eigenvalue weighted by molar-refractivity contribution is -0.133. The summed E-state index contributed by atoms with van der Waals surface area (Å²) in [6.45, 7) is 4.62. The molecule has 1 heterocycles. The van der Waals surface area contributed by atoms with Crippen molar-refractivity contribution in [1.82, 2.24) is 4.90 Å². The standard InChI is InChI=1S/C27H28N5O2/c1-20(28)24-9-5-6-10-25(24)27(29)30-21-11-13-23(14-12-21)34-19-26(33)32-17-15-31(16-18-32)22-7-3-2-4-8-22/h2-14,28H,15-19H2,1H3,(H-,29,30)/q-1. The average molecular weight is 455 g/mol. The molecule has 0 atom stereocenters. The highest BCUT2D eigenvalue weighted by molar-refractivity contribution is 6.16. The molecule has 0 radical (unpaired) electrons.